The Bertz CT molecular complexity index is 653. The number of pyridine rings is 1. The van der Waals surface area contributed by atoms with E-state index in [0.717, 1.165) is 11.3 Å². The Balaban J connectivity index is 1.93. The fraction of sp³-hybridized carbons (Fsp3) is 0.562. The number of ether oxygens (including phenoxy) is 1. The second-order valence-corrected chi connectivity index (χ2v) is 5.89. The number of rotatable bonds is 6. The molecule has 2 rings (SSSR count). The van der Waals surface area contributed by atoms with E-state index in [9.17, 15) is 14.4 Å². The Morgan fingerprint density at radius 2 is 2.17 bits per heavy atom. The maximum absolute atomic E-state index is 12.2. The molecule has 2 heterocycles. The monoisotopic (exact) mass is 321 g/mol. The molecule has 0 aliphatic carbocycles. The minimum absolute atomic E-state index is 0.0356. The minimum atomic E-state index is -0.371. The summed E-state index contributed by atoms with van der Waals surface area (Å²) in [7, 11) is 1.58. The third-order valence-corrected chi connectivity index (χ3v) is 4.08. The average Bonchev–Trinajstić information content (AvgIpc) is 2.85. The summed E-state index contributed by atoms with van der Waals surface area (Å²) < 4.78 is 4.96. The Morgan fingerprint density at radius 3 is 2.83 bits per heavy atom. The Morgan fingerprint density at radius 1 is 1.43 bits per heavy atom. The molecule has 2 N–H and O–H groups in total. The van der Waals surface area contributed by atoms with E-state index >= 15 is 0 Å². The first kappa shape index (κ1) is 17.2. The fourth-order valence-electron chi connectivity index (χ4n) is 2.79. The molecule has 1 atom stereocenters. The summed E-state index contributed by atoms with van der Waals surface area (Å²) in [4.78, 5) is 40.4. The van der Waals surface area contributed by atoms with Gasteiger partial charge in [0.05, 0.1) is 12.5 Å². The number of hydrogen-bond donors (Lipinski definition) is 2. The topological polar surface area (TPSA) is 91.5 Å². The predicted molar refractivity (Wildman–Crippen MR) is 84.9 cm³/mol. The number of H-pyrrole nitrogens is 1. The van der Waals surface area contributed by atoms with E-state index in [4.69, 9.17) is 4.74 Å². The lowest BCUT2D eigenvalue weighted by atomic mass is 10.1. The molecule has 0 unspecified atom stereocenters. The number of aryl methyl sites for hydroxylation is 2. The average molecular weight is 321 g/mol. The van der Waals surface area contributed by atoms with Crippen molar-refractivity contribution in [3.63, 3.8) is 0 Å². The van der Waals surface area contributed by atoms with Gasteiger partial charge in [-0.15, -0.1) is 0 Å². The minimum Gasteiger partial charge on any atom is -0.383 e. The zero-order valence-electron chi connectivity index (χ0n) is 13.8. The molecule has 0 saturated carbocycles. The van der Waals surface area contributed by atoms with Crippen molar-refractivity contribution >= 4 is 11.8 Å². The number of hydrogen-bond acceptors (Lipinski definition) is 4. The molecule has 1 aliphatic rings. The van der Waals surface area contributed by atoms with Gasteiger partial charge in [0, 0.05) is 44.4 Å². The van der Waals surface area contributed by atoms with Crippen molar-refractivity contribution in [2.24, 2.45) is 5.92 Å². The zero-order valence-corrected chi connectivity index (χ0v) is 13.8. The largest absolute Gasteiger partial charge is 0.383 e. The van der Waals surface area contributed by atoms with Crippen LogP contribution in [0, 0.1) is 19.8 Å². The Labute approximate surface area is 135 Å². The smallest absolute Gasteiger partial charge is 0.253 e. The molecule has 7 heteroatoms. The highest BCUT2D eigenvalue weighted by atomic mass is 16.5. The maximum atomic E-state index is 12.2. The zero-order chi connectivity index (χ0) is 17.0. The van der Waals surface area contributed by atoms with Gasteiger partial charge in [0.1, 0.15) is 0 Å². The number of aromatic nitrogens is 1. The third-order valence-electron chi connectivity index (χ3n) is 4.08. The van der Waals surface area contributed by atoms with Crippen LogP contribution in [0.4, 0.5) is 0 Å². The van der Waals surface area contributed by atoms with Crippen molar-refractivity contribution in [2.75, 3.05) is 26.8 Å². The molecule has 126 valence electrons. The van der Waals surface area contributed by atoms with Gasteiger partial charge in [-0.1, -0.05) is 0 Å². The normalized spacial score (nSPS) is 17.6. The number of carbonyl (C=O) groups is 2. The van der Waals surface area contributed by atoms with E-state index in [1.54, 1.807) is 12.0 Å². The van der Waals surface area contributed by atoms with Gasteiger partial charge in [0.25, 0.3) is 5.56 Å². The molecule has 1 saturated heterocycles. The second-order valence-electron chi connectivity index (χ2n) is 5.89. The SMILES string of the molecule is COCCN1C[C@@H](C(=O)NCc2c(C)cc(C)[nH]c2=O)CC1=O. The Hall–Kier alpha value is -2.15. The van der Waals surface area contributed by atoms with Gasteiger partial charge in [-0.25, -0.2) is 0 Å². The first-order chi connectivity index (χ1) is 10.9. The van der Waals surface area contributed by atoms with Gasteiger partial charge in [-0.3, -0.25) is 14.4 Å². The van der Waals surface area contributed by atoms with E-state index in [2.05, 4.69) is 10.3 Å². The molecule has 7 nitrogen and oxygen atoms in total. The van der Waals surface area contributed by atoms with Gasteiger partial charge in [-0.05, 0) is 25.5 Å². The molecule has 1 aliphatic heterocycles. The molecule has 23 heavy (non-hydrogen) atoms. The van der Waals surface area contributed by atoms with E-state index < -0.39 is 0 Å². The summed E-state index contributed by atoms with van der Waals surface area (Å²) in [5.41, 5.74) is 1.99. The number of amides is 2. The number of methoxy groups -OCH3 is 1. The van der Waals surface area contributed by atoms with E-state index in [0.29, 0.717) is 25.3 Å². The standard InChI is InChI=1S/C16H23N3O4/c1-10-6-11(2)18-16(22)13(10)8-17-15(21)12-7-14(20)19(9-12)4-5-23-3/h6,12H,4-5,7-9H2,1-3H3,(H,17,21)(H,18,22)/t12-/m0/s1. The number of nitrogens with zero attached hydrogens (tertiary/aromatic N) is 1. The number of carbonyl (C=O) groups excluding carboxylic acids is 2. The molecular weight excluding hydrogens is 298 g/mol. The lowest BCUT2D eigenvalue weighted by molar-refractivity contribution is -0.129. The van der Waals surface area contributed by atoms with E-state index in [-0.39, 0.29) is 36.3 Å². The lowest BCUT2D eigenvalue weighted by Gasteiger charge is -2.16. The molecule has 0 radical (unpaired) electrons. The van der Waals surface area contributed by atoms with Crippen LogP contribution in [0.15, 0.2) is 10.9 Å². The van der Waals surface area contributed by atoms with Crippen LogP contribution in [-0.4, -0.2) is 48.5 Å². The molecule has 1 aromatic rings. The highest BCUT2D eigenvalue weighted by Gasteiger charge is 2.33. The van der Waals surface area contributed by atoms with Gasteiger partial charge in [0.2, 0.25) is 11.8 Å². The molecular formula is C16H23N3O4. The van der Waals surface area contributed by atoms with Crippen molar-refractivity contribution in [2.45, 2.75) is 26.8 Å². The van der Waals surface area contributed by atoms with Crippen LogP contribution in [0.1, 0.15) is 23.2 Å². The van der Waals surface area contributed by atoms with Crippen LogP contribution in [0.2, 0.25) is 0 Å². The summed E-state index contributed by atoms with van der Waals surface area (Å²) >= 11 is 0. The number of aromatic amines is 1. The van der Waals surface area contributed by atoms with Gasteiger partial charge in [0.15, 0.2) is 0 Å². The summed E-state index contributed by atoms with van der Waals surface area (Å²) in [6.07, 6.45) is 0.207. The van der Waals surface area contributed by atoms with Gasteiger partial charge < -0.3 is 19.9 Å². The summed E-state index contributed by atoms with van der Waals surface area (Å²) in [5, 5.41) is 2.77. The molecule has 1 fully saturated rings. The van der Waals surface area contributed by atoms with Gasteiger partial charge in [-0.2, -0.15) is 0 Å². The van der Waals surface area contributed by atoms with E-state index in [1.165, 1.54) is 0 Å². The summed E-state index contributed by atoms with van der Waals surface area (Å²) in [5.74, 6) is -0.603. The third kappa shape index (κ3) is 4.19. The fourth-order valence-corrected chi connectivity index (χ4v) is 2.79. The Kier molecular flexibility index (Phi) is 5.54. The number of likely N-dealkylation sites (tertiary alicyclic amines) is 1. The van der Waals surface area contributed by atoms with Crippen LogP contribution in [0.25, 0.3) is 0 Å². The van der Waals surface area contributed by atoms with Crippen molar-refractivity contribution < 1.29 is 14.3 Å². The van der Waals surface area contributed by atoms with Gasteiger partial charge >= 0.3 is 0 Å². The van der Waals surface area contributed by atoms with Crippen molar-refractivity contribution in [1.82, 2.24) is 15.2 Å². The molecule has 0 bridgehead atoms. The molecule has 0 spiro atoms. The quantitative estimate of drug-likeness (QED) is 0.777. The van der Waals surface area contributed by atoms with E-state index in [1.807, 2.05) is 19.9 Å². The highest BCUT2D eigenvalue weighted by Crippen LogP contribution is 2.17. The van der Waals surface area contributed by atoms with Crippen LogP contribution in [-0.2, 0) is 20.9 Å². The summed E-state index contributed by atoms with van der Waals surface area (Å²) in [6.45, 7) is 5.18. The van der Waals surface area contributed by atoms with Crippen LogP contribution >= 0.6 is 0 Å². The van der Waals surface area contributed by atoms with Crippen LogP contribution < -0.4 is 10.9 Å². The van der Waals surface area contributed by atoms with Crippen molar-refractivity contribution in [1.29, 1.82) is 0 Å². The maximum Gasteiger partial charge on any atom is 0.253 e. The molecule has 1 aromatic heterocycles. The van der Waals surface area contributed by atoms with Crippen LogP contribution in [0.5, 0.6) is 0 Å². The van der Waals surface area contributed by atoms with Crippen LogP contribution in [0.3, 0.4) is 0 Å². The summed E-state index contributed by atoms with van der Waals surface area (Å²) in [6, 6.07) is 1.87. The predicted octanol–water partition coefficient (Wildman–Crippen LogP) is 0.103. The second kappa shape index (κ2) is 7.41. The highest BCUT2D eigenvalue weighted by molar-refractivity contribution is 5.89. The van der Waals surface area contributed by atoms with Crippen molar-refractivity contribution in [3.8, 4) is 0 Å². The molecule has 0 aromatic carbocycles. The lowest BCUT2D eigenvalue weighted by Crippen LogP contribution is -2.35. The first-order valence-electron chi connectivity index (χ1n) is 7.66. The van der Waals surface area contributed by atoms with Crippen molar-refractivity contribution in [3.05, 3.63) is 33.2 Å². The first-order valence-corrected chi connectivity index (χ1v) is 7.66. The molecule has 2 amide bonds. The number of nitrogens with one attached hydrogen (secondary N) is 2.